The summed E-state index contributed by atoms with van der Waals surface area (Å²) >= 11 is 6.10. The highest BCUT2D eigenvalue weighted by molar-refractivity contribution is 6.30. The Morgan fingerprint density at radius 2 is 1.90 bits per heavy atom. The lowest BCUT2D eigenvalue weighted by Crippen LogP contribution is -2.02. The average Bonchev–Trinajstić information content (AvgIpc) is 3.24. The van der Waals surface area contributed by atoms with Crippen molar-refractivity contribution in [3.8, 4) is 16.9 Å². The average molecular weight is 420 g/mol. The van der Waals surface area contributed by atoms with E-state index < -0.39 is 0 Å². The quantitative estimate of drug-likeness (QED) is 0.364. The number of esters is 1. The topological polar surface area (TPSA) is 51.3 Å². The molecule has 152 valence electrons. The maximum Gasteiger partial charge on any atom is 0.305 e. The molecule has 0 spiro atoms. The van der Waals surface area contributed by atoms with E-state index in [1.54, 1.807) is 0 Å². The Hall–Kier alpha value is -3.24. The van der Waals surface area contributed by atoms with Gasteiger partial charge in [-0.15, -0.1) is 0 Å². The van der Waals surface area contributed by atoms with E-state index in [1.165, 1.54) is 7.11 Å². The van der Waals surface area contributed by atoms with Crippen LogP contribution in [0.15, 0.2) is 72.9 Å². The Balaban J connectivity index is 1.66. The molecular formula is C25H22ClNO3. The van der Waals surface area contributed by atoms with E-state index in [0.29, 0.717) is 24.5 Å². The van der Waals surface area contributed by atoms with Crippen molar-refractivity contribution in [2.75, 3.05) is 7.11 Å². The van der Waals surface area contributed by atoms with Gasteiger partial charge in [-0.2, -0.15) is 0 Å². The first-order valence-electron chi connectivity index (χ1n) is 9.77. The van der Waals surface area contributed by atoms with E-state index in [-0.39, 0.29) is 5.97 Å². The Bertz CT molecular complexity index is 1180. The molecule has 30 heavy (non-hydrogen) atoms. The highest BCUT2D eigenvalue weighted by atomic mass is 35.5. The van der Waals surface area contributed by atoms with Crippen LogP contribution in [0.25, 0.3) is 22.0 Å². The van der Waals surface area contributed by atoms with E-state index in [0.717, 1.165) is 38.9 Å². The van der Waals surface area contributed by atoms with Gasteiger partial charge in [-0.3, -0.25) is 4.79 Å². The molecule has 4 nitrogen and oxygen atoms in total. The molecule has 0 aliphatic carbocycles. The minimum absolute atomic E-state index is 0.216. The Morgan fingerprint density at radius 3 is 2.73 bits per heavy atom. The molecule has 0 unspecified atom stereocenters. The molecule has 0 radical (unpaired) electrons. The van der Waals surface area contributed by atoms with Gasteiger partial charge >= 0.3 is 5.97 Å². The standard InChI is InChI=1S/C25H22ClNO3/c1-29-25(28)10-6-17-5-9-24(30-16-18-3-2-4-21(26)13-18)22(14-17)19-7-8-23-20(15-19)11-12-27-23/h2-5,7-9,11-15,27H,6,10,16H2,1H3. The molecule has 0 atom stereocenters. The number of fused-ring (bicyclic) bond motifs is 1. The molecule has 1 heterocycles. The number of methoxy groups -OCH3 is 1. The molecular weight excluding hydrogens is 398 g/mol. The molecule has 0 aliphatic rings. The van der Waals surface area contributed by atoms with Crippen LogP contribution < -0.4 is 4.74 Å². The van der Waals surface area contributed by atoms with E-state index in [1.807, 2.05) is 48.7 Å². The van der Waals surface area contributed by atoms with Crippen LogP contribution in [0.1, 0.15) is 17.5 Å². The highest BCUT2D eigenvalue weighted by Gasteiger charge is 2.11. The van der Waals surface area contributed by atoms with Crippen LogP contribution in [0.2, 0.25) is 5.02 Å². The largest absolute Gasteiger partial charge is 0.488 e. The summed E-state index contributed by atoms with van der Waals surface area (Å²) in [7, 11) is 1.41. The number of hydrogen-bond donors (Lipinski definition) is 1. The van der Waals surface area contributed by atoms with Crippen LogP contribution >= 0.6 is 11.6 Å². The number of nitrogens with one attached hydrogen (secondary N) is 1. The molecule has 0 fully saturated rings. The van der Waals surface area contributed by atoms with Crippen molar-refractivity contribution in [2.24, 2.45) is 0 Å². The Labute approximate surface area is 180 Å². The Morgan fingerprint density at radius 1 is 1.00 bits per heavy atom. The number of hydrogen-bond acceptors (Lipinski definition) is 3. The van der Waals surface area contributed by atoms with Gasteiger partial charge in [-0.25, -0.2) is 0 Å². The first kappa shape index (κ1) is 20.0. The minimum atomic E-state index is -0.216. The third kappa shape index (κ3) is 4.66. The molecule has 1 N–H and O–H groups in total. The fourth-order valence-electron chi connectivity index (χ4n) is 3.44. The molecule has 0 bridgehead atoms. The molecule has 3 aromatic carbocycles. The molecule has 5 heteroatoms. The van der Waals surface area contributed by atoms with Gasteiger partial charge in [0.2, 0.25) is 0 Å². The lowest BCUT2D eigenvalue weighted by Gasteiger charge is -2.14. The number of H-pyrrole nitrogens is 1. The number of aryl methyl sites for hydroxylation is 1. The molecule has 4 rings (SSSR count). The predicted molar refractivity (Wildman–Crippen MR) is 120 cm³/mol. The van der Waals surface area contributed by atoms with Crippen LogP contribution in [0, 0.1) is 0 Å². The number of halogens is 1. The normalized spacial score (nSPS) is 10.9. The fourth-order valence-corrected chi connectivity index (χ4v) is 3.65. The summed E-state index contributed by atoms with van der Waals surface area (Å²) in [4.78, 5) is 14.8. The van der Waals surface area contributed by atoms with E-state index in [2.05, 4.69) is 29.2 Å². The van der Waals surface area contributed by atoms with Gasteiger partial charge < -0.3 is 14.5 Å². The lowest BCUT2D eigenvalue weighted by molar-refractivity contribution is -0.140. The summed E-state index contributed by atoms with van der Waals surface area (Å²) in [5, 5.41) is 1.82. The zero-order valence-electron chi connectivity index (χ0n) is 16.7. The first-order chi connectivity index (χ1) is 14.6. The van der Waals surface area contributed by atoms with Crippen LogP contribution in [0.5, 0.6) is 5.75 Å². The van der Waals surface area contributed by atoms with Gasteiger partial charge in [-0.1, -0.05) is 35.9 Å². The number of rotatable bonds is 7. The van der Waals surface area contributed by atoms with Crippen molar-refractivity contribution in [1.29, 1.82) is 0 Å². The van der Waals surface area contributed by atoms with Crippen molar-refractivity contribution in [3.05, 3.63) is 89.1 Å². The second-order valence-corrected chi connectivity index (χ2v) is 7.54. The number of benzene rings is 3. The molecule has 0 saturated heterocycles. The van der Waals surface area contributed by atoms with E-state index >= 15 is 0 Å². The molecule has 0 saturated carbocycles. The highest BCUT2D eigenvalue weighted by Crippen LogP contribution is 2.34. The molecule has 4 aromatic rings. The van der Waals surface area contributed by atoms with Crippen LogP contribution in [-0.2, 0) is 22.6 Å². The van der Waals surface area contributed by atoms with Crippen molar-refractivity contribution in [3.63, 3.8) is 0 Å². The van der Waals surface area contributed by atoms with Gasteiger partial charge in [0.05, 0.1) is 7.11 Å². The summed E-state index contributed by atoms with van der Waals surface area (Å²) in [5.74, 6) is 0.568. The summed E-state index contributed by atoms with van der Waals surface area (Å²) in [6.45, 7) is 0.418. The fraction of sp³-hybridized carbons (Fsp3) is 0.160. The third-order valence-corrected chi connectivity index (χ3v) is 5.27. The molecule has 0 amide bonds. The number of ether oxygens (including phenoxy) is 2. The van der Waals surface area contributed by atoms with Crippen LogP contribution in [0.3, 0.4) is 0 Å². The SMILES string of the molecule is COC(=O)CCc1ccc(OCc2cccc(Cl)c2)c(-c2ccc3[nH]ccc3c2)c1. The van der Waals surface area contributed by atoms with E-state index in [4.69, 9.17) is 21.1 Å². The summed E-state index contributed by atoms with van der Waals surface area (Å²) in [5.41, 5.74) is 5.19. The van der Waals surface area contributed by atoms with Crippen LogP contribution in [0.4, 0.5) is 0 Å². The smallest absolute Gasteiger partial charge is 0.305 e. The number of carbonyl (C=O) groups excluding carboxylic acids is 1. The second-order valence-electron chi connectivity index (χ2n) is 7.10. The lowest BCUT2D eigenvalue weighted by atomic mass is 9.98. The first-order valence-corrected chi connectivity index (χ1v) is 10.1. The third-order valence-electron chi connectivity index (χ3n) is 5.04. The Kier molecular flexibility index (Phi) is 6.05. The zero-order chi connectivity index (χ0) is 20.9. The van der Waals surface area contributed by atoms with Gasteiger partial charge in [-0.05, 0) is 71.0 Å². The minimum Gasteiger partial charge on any atom is -0.488 e. The molecule has 1 aromatic heterocycles. The second kappa shape index (κ2) is 9.06. The summed E-state index contributed by atoms with van der Waals surface area (Å²) in [6.07, 6.45) is 2.88. The predicted octanol–water partition coefficient (Wildman–Crippen LogP) is 6.17. The van der Waals surface area contributed by atoms with Crippen LogP contribution in [-0.4, -0.2) is 18.1 Å². The van der Waals surface area contributed by atoms with Gasteiger partial charge in [0.25, 0.3) is 0 Å². The van der Waals surface area contributed by atoms with Crippen molar-refractivity contribution < 1.29 is 14.3 Å². The summed E-state index contributed by atoms with van der Waals surface area (Å²) in [6, 6.07) is 22.0. The zero-order valence-corrected chi connectivity index (χ0v) is 17.4. The monoisotopic (exact) mass is 419 g/mol. The molecule has 0 aliphatic heterocycles. The maximum atomic E-state index is 11.5. The number of aromatic nitrogens is 1. The van der Waals surface area contributed by atoms with Crippen molar-refractivity contribution >= 4 is 28.5 Å². The van der Waals surface area contributed by atoms with Gasteiger partial charge in [0, 0.05) is 28.7 Å². The number of carbonyl (C=O) groups is 1. The van der Waals surface area contributed by atoms with E-state index in [9.17, 15) is 4.79 Å². The van der Waals surface area contributed by atoms with Gasteiger partial charge in [0.15, 0.2) is 0 Å². The number of aromatic amines is 1. The van der Waals surface area contributed by atoms with Crippen molar-refractivity contribution in [2.45, 2.75) is 19.4 Å². The van der Waals surface area contributed by atoms with Crippen molar-refractivity contribution in [1.82, 2.24) is 4.98 Å². The van der Waals surface area contributed by atoms with Gasteiger partial charge in [0.1, 0.15) is 12.4 Å². The summed E-state index contributed by atoms with van der Waals surface area (Å²) < 4.78 is 10.9. The maximum absolute atomic E-state index is 11.5.